The first-order valence-electron chi connectivity index (χ1n) is 5.86. The van der Waals surface area contributed by atoms with Crippen LogP contribution in [0.3, 0.4) is 0 Å². The van der Waals surface area contributed by atoms with Crippen LogP contribution in [0, 0.1) is 0 Å². The van der Waals surface area contributed by atoms with E-state index in [4.69, 9.17) is 0 Å². The maximum Gasteiger partial charge on any atom is 0.153 e. The van der Waals surface area contributed by atoms with E-state index in [-0.39, 0.29) is 17.5 Å². The average molecular weight is 296 g/mol. The fourth-order valence-corrected chi connectivity index (χ4v) is 4.63. The van der Waals surface area contributed by atoms with Crippen molar-refractivity contribution in [3.63, 3.8) is 0 Å². The van der Waals surface area contributed by atoms with Crippen molar-refractivity contribution in [1.82, 2.24) is 9.78 Å². The highest BCUT2D eigenvalue weighted by atomic mass is 32.2. The fraction of sp³-hybridized carbons (Fsp3) is 0.333. The van der Waals surface area contributed by atoms with Gasteiger partial charge in [-0.3, -0.25) is 9.48 Å². The van der Waals surface area contributed by atoms with Crippen LogP contribution in [0.5, 0.6) is 0 Å². The average Bonchev–Trinajstić information content (AvgIpc) is 3.05. The summed E-state index contributed by atoms with van der Waals surface area (Å²) < 4.78 is 24.6. The molecule has 2 aromatic rings. The number of hydrogen-bond acceptors (Lipinski definition) is 5. The Balaban J connectivity index is 1.99. The van der Waals surface area contributed by atoms with Crippen molar-refractivity contribution >= 4 is 27.5 Å². The van der Waals surface area contributed by atoms with E-state index >= 15 is 0 Å². The van der Waals surface area contributed by atoms with Crippen LogP contribution >= 0.6 is 11.3 Å². The van der Waals surface area contributed by atoms with Crippen molar-refractivity contribution in [2.45, 2.75) is 12.5 Å². The number of aromatic nitrogens is 2. The van der Waals surface area contributed by atoms with Crippen LogP contribution in [0.25, 0.3) is 11.3 Å². The minimum Gasteiger partial charge on any atom is -0.298 e. The molecule has 0 aromatic carbocycles. The number of nitrogens with zero attached hydrogens (tertiary/aromatic N) is 2. The molecule has 7 heteroatoms. The van der Waals surface area contributed by atoms with E-state index in [1.165, 1.54) is 11.3 Å². The lowest BCUT2D eigenvalue weighted by molar-refractivity contribution is 0.112. The summed E-state index contributed by atoms with van der Waals surface area (Å²) in [5, 5.41) is 8.24. The van der Waals surface area contributed by atoms with Gasteiger partial charge >= 0.3 is 0 Å². The third-order valence-corrected chi connectivity index (χ3v) is 5.70. The number of hydrogen-bond donors (Lipinski definition) is 0. The second-order valence-corrected chi connectivity index (χ2v) is 7.61. The van der Waals surface area contributed by atoms with Crippen LogP contribution in [0.2, 0.25) is 0 Å². The number of carbonyl (C=O) groups excluding carboxylic acids is 1. The summed E-state index contributed by atoms with van der Waals surface area (Å²) in [6.07, 6.45) is 2.97. The van der Waals surface area contributed by atoms with Gasteiger partial charge in [-0.2, -0.15) is 16.4 Å². The topological polar surface area (TPSA) is 69.0 Å². The van der Waals surface area contributed by atoms with Gasteiger partial charge in [0.15, 0.2) is 16.1 Å². The summed E-state index contributed by atoms with van der Waals surface area (Å²) in [5.74, 6) is 0.303. The largest absolute Gasteiger partial charge is 0.298 e. The molecule has 1 fully saturated rings. The lowest BCUT2D eigenvalue weighted by Gasteiger charge is -2.07. The van der Waals surface area contributed by atoms with Gasteiger partial charge in [-0.25, -0.2) is 8.42 Å². The molecule has 0 aliphatic carbocycles. The molecule has 0 bridgehead atoms. The first kappa shape index (κ1) is 12.6. The third-order valence-electron chi connectivity index (χ3n) is 3.26. The fourth-order valence-electron chi connectivity index (χ4n) is 2.29. The molecule has 1 aliphatic heterocycles. The molecule has 1 atom stereocenters. The van der Waals surface area contributed by atoms with Crippen molar-refractivity contribution in [2.24, 2.45) is 0 Å². The van der Waals surface area contributed by atoms with Crippen LogP contribution in [-0.2, 0) is 9.84 Å². The Morgan fingerprint density at radius 2 is 2.32 bits per heavy atom. The predicted molar refractivity (Wildman–Crippen MR) is 73.2 cm³/mol. The summed E-state index contributed by atoms with van der Waals surface area (Å²) in [6.45, 7) is 0. The molecule has 1 aliphatic rings. The minimum atomic E-state index is -2.95. The monoisotopic (exact) mass is 296 g/mol. The summed E-state index contributed by atoms with van der Waals surface area (Å²) in [4.78, 5) is 11.1. The molecule has 100 valence electrons. The number of sulfone groups is 1. The van der Waals surface area contributed by atoms with Crippen LogP contribution in [0.4, 0.5) is 0 Å². The smallest absolute Gasteiger partial charge is 0.153 e. The summed E-state index contributed by atoms with van der Waals surface area (Å²) in [7, 11) is -2.95. The lowest BCUT2D eigenvalue weighted by atomic mass is 10.2. The van der Waals surface area contributed by atoms with Crippen molar-refractivity contribution in [1.29, 1.82) is 0 Å². The van der Waals surface area contributed by atoms with Crippen molar-refractivity contribution in [2.75, 3.05) is 11.5 Å². The molecule has 5 nitrogen and oxygen atoms in total. The van der Waals surface area contributed by atoms with E-state index in [2.05, 4.69) is 5.10 Å². The van der Waals surface area contributed by atoms with Crippen LogP contribution in [0.1, 0.15) is 22.8 Å². The first-order valence-corrected chi connectivity index (χ1v) is 8.63. The van der Waals surface area contributed by atoms with Gasteiger partial charge < -0.3 is 0 Å². The Kier molecular flexibility index (Phi) is 3.02. The molecule has 2 aromatic heterocycles. The highest BCUT2D eigenvalue weighted by molar-refractivity contribution is 7.91. The SMILES string of the molecule is O=Cc1cn(C2CCS(=O)(=O)C2)nc1-c1ccsc1. The van der Waals surface area contributed by atoms with Gasteiger partial charge in [0.1, 0.15) is 5.69 Å². The van der Waals surface area contributed by atoms with Gasteiger partial charge in [0.2, 0.25) is 0 Å². The minimum absolute atomic E-state index is 0.107. The zero-order valence-electron chi connectivity index (χ0n) is 10.0. The van der Waals surface area contributed by atoms with Crippen molar-refractivity contribution < 1.29 is 13.2 Å². The molecule has 3 rings (SSSR count). The number of thiophene rings is 1. The van der Waals surface area contributed by atoms with Gasteiger partial charge in [-0.1, -0.05) is 0 Å². The Labute approximate surface area is 114 Å². The van der Waals surface area contributed by atoms with Crippen LogP contribution in [-0.4, -0.2) is 36.0 Å². The molecule has 0 radical (unpaired) electrons. The van der Waals surface area contributed by atoms with E-state index in [1.807, 2.05) is 16.8 Å². The maximum atomic E-state index is 11.5. The highest BCUT2D eigenvalue weighted by Crippen LogP contribution is 2.28. The van der Waals surface area contributed by atoms with Gasteiger partial charge in [-0.05, 0) is 17.9 Å². The zero-order valence-corrected chi connectivity index (χ0v) is 11.7. The molecule has 0 saturated carbocycles. The highest BCUT2D eigenvalue weighted by Gasteiger charge is 2.30. The quantitative estimate of drug-likeness (QED) is 0.810. The summed E-state index contributed by atoms with van der Waals surface area (Å²) in [5.41, 5.74) is 2.02. The Morgan fingerprint density at radius 1 is 1.47 bits per heavy atom. The maximum absolute atomic E-state index is 11.5. The molecule has 3 heterocycles. The van der Waals surface area contributed by atoms with E-state index in [9.17, 15) is 13.2 Å². The first-order chi connectivity index (χ1) is 9.09. The van der Waals surface area contributed by atoms with Gasteiger partial charge in [0.25, 0.3) is 0 Å². The Hall–Kier alpha value is -1.47. The van der Waals surface area contributed by atoms with Gasteiger partial charge in [-0.15, -0.1) is 0 Å². The second kappa shape index (κ2) is 4.57. The number of rotatable bonds is 3. The van der Waals surface area contributed by atoms with E-state index in [0.717, 1.165) is 11.8 Å². The number of carbonyl (C=O) groups is 1. The normalized spacial score (nSPS) is 21.6. The van der Waals surface area contributed by atoms with Crippen LogP contribution < -0.4 is 0 Å². The van der Waals surface area contributed by atoms with E-state index in [1.54, 1.807) is 10.9 Å². The molecule has 19 heavy (non-hydrogen) atoms. The Bertz CT molecular complexity index is 701. The summed E-state index contributed by atoms with van der Waals surface area (Å²) in [6, 6.07) is 1.74. The lowest BCUT2D eigenvalue weighted by Crippen LogP contribution is -2.11. The molecule has 0 N–H and O–H groups in total. The molecular weight excluding hydrogens is 284 g/mol. The molecule has 1 saturated heterocycles. The van der Waals surface area contributed by atoms with Crippen molar-refractivity contribution in [3.8, 4) is 11.3 Å². The van der Waals surface area contributed by atoms with Crippen LogP contribution in [0.15, 0.2) is 23.0 Å². The van der Waals surface area contributed by atoms with Gasteiger partial charge in [0, 0.05) is 17.1 Å². The molecule has 0 spiro atoms. The Morgan fingerprint density at radius 3 is 2.89 bits per heavy atom. The van der Waals surface area contributed by atoms with Crippen molar-refractivity contribution in [3.05, 3.63) is 28.6 Å². The molecule has 1 unspecified atom stereocenters. The van der Waals surface area contributed by atoms with E-state index in [0.29, 0.717) is 17.7 Å². The molecular formula is C12H12N2O3S2. The van der Waals surface area contributed by atoms with Gasteiger partial charge in [0.05, 0.1) is 23.1 Å². The summed E-state index contributed by atoms with van der Waals surface area (Å²) >= 11 is 1.53. The standard InChI is InChI=1S/C12H12N2O3S2/c15-6-10-5-14(11-2-4-19(16,17)8-11)13-12(10)9-1-3-18-7-9/h1,3,5-7,11H,2,4,8H2. The van der Waals surface area contributed by atoms with E-state index < -0.39 is 9.84 Å². The number of aldehydes is 1. The molecule has 0 amide bonds. The second-order valence-electron chi connectivity index (χ2n) is 4.60. The zero-order chi connectivity index (χ0) is 13.5. The third kappa shape index (κ3) is 2.35. The predicted octanol–water partition coefficient (Wildman–Crippen LogP) is 1.78.